The summed E-state index contributed by atoms with van der Waals surface area (Å²) in [6, 6.07) is 3.05. The fourth-order valence-electron chi connectivity index (χ4n) is 3.89. The van der Waals surface area contributed by atoms with Gasteiger partial charge in [0, 0.05) is 6.04 Å². The lowest BCUT2D eigenvalue weighted by molar-refractivity contribution is 0.162. The standard InChI is InChI=1S/C16H20Cl2FN/c17-14-8-12(19)9-15(18)16(14)20-13-6-5-10-3-1-2-4-11(10)7-13/h8-11,13,20H,1-7H2. The first-order chi connectivity index (χ1) is 9.63. The Kier molecular flexibility index (Phi) is 4.42. The first kappa shape index (κ1) is 14.5. The van der Waals surface area contributed by atoms with Crippen LogP contribution in [0.5, 0.6) is 0 Å². The molecule has 3 unspecified atom stereocenters. The van der Waals surface area contributed by atoms with Gasteiger partial charge in [-0.2, -0.15) is 0 Å². The Morgan fingerprint density at radius 3 is 2.30 bits per heavy atom. The van der Waals surface area contributed by atoms with Gasteiger partial charge in [-0.15, -0.1) is 0 Å². The number of anilines is 1. The Labute approximate surface area is 129 Å². The van der Waals surface area contributed by atoms with Crippen molar-refractivity contribution < 1.29 is 4.39 Å². The molecule has 0 bridgehead atoms. The summed E-state index contributed by atoms with van der Waals surface area (Å²) >= 11 is 12.2. The van der Waals surface area contributed by atoms with E-state index in [0.29, 0.717) is 21.8 Å². The van der Waals surface area contributed by atoms with Gasteiger partial charge in [0.25, 0.3) is 0 Å². The zero-order valence-corrected chi connectivity index (χ0v) is 13.0. The molecule has 4 heteroatoms. The second-order valence-corrected chi connectivity index (χ2v) is 7.02. The van der Waals surface area contributed by atoms with Crippen molar-refractivity contribution in [3.63, 3.8) is 0 Å². The number of halogens is 3. The molecule has 0 aromatic heterocycles. The maximum atomic E-state index is 13.2. The summed E-state index contributed by atoms with van der Waals surface area (Å²) in [5, 5.41) is 4.20. The molecular weight excluding hydrogens is 296 g/mol. The second-order valence-electron chi connectivity index (χ2n) is 6.20. The molecule has 3 rings (SSSR count). The van der Waals surface area contributed by atoms with E-state index in [-0.39, 0.29) is 5.82 Å². The van der Waals surface area contributed by atoms with Gasteiger partial charge in [0.15, 0.2) is 0 Å². The van der Waals surface area contributed by atoms with Gasteiger partial charge in [-0.3, -0.25) is 0 Å². The van der Waals surface area contributed by atoms with Gasteiger partial charge in [0.2, 0.25) is 0 Å². The molecule has 2 saturated carbocycles. The summed E-state index contributed by atoms with van der Waals surface area (Å²) in [4.78, 5) is 0. The number of hydrogen-bond donors (Lipinski definition) is 1. The van der Waals surface area contributed by atoms with E-state index in [0.717, 1.165) is 18.3 Å². The van der Waals surface area contributed by atoms with Crippen LogP contribution in [0.4, 0.5) is 10.1 Å². The predicted molar refractivity (Wildman–Crippen MR) is 83.1 cm³/mol. The Bertz CT molecular complexity index is 468. The third-order valence-electron chi connectivity index (χ3n) is 4.90. The molecule has 2 aliphatic carbocycles. The molecule has 0 spiro atoms. The van der Waals surface area contributed by atoms with Crippen molar-refractivity contribution in [3.8, 4) is 0 Å². The highest BCUT2D eigenvalue weighted by Gasteiger charge is 2.32. The minimum Gasteiger partial charge on any atom is -0.380 e. The Morgan fingerprint density at radius 2 is 1.60 bits per heavy atom. The minimum absolute atomic E-state index is 0.376. The van der Waals surface area contributed by atoms with E-state index in [9.17, 15) is 4.39 Å². The van der Waals surface area contributed by atoms with Crippen LogP contribution < -0.4 is 5.32 Å². The van der Waals surface area contributed by atoms with Crippen molar-refractivity contribution in [1.29, 1.82) is 0 Å². The van der Waals surface area contributed by atoms with Gasteiger partial charge in [0.1, 0.15) is 5.82 Å². The van der Waals surface area contributed by atoms with Crippen LogP contribution >= 0.6 is 23.2 Å². The maximum absolute atomic E-state index is 13.2. The molecule has 0 radical (unpaired) electrons. The zero-order chi connectivity index (χ0) is 14.1. The molecule has 0 aliphatic heterocycles. The molecule has 0 heterocycles. The van der Waals surface area contributed by atoms with Crippen molar-refractivity contribution >= 4 is 28.9 Å². The average Bonchev–Trinajstić information content (AvgIpc) is 2.42. The molecule has 1 nitrogen and oxygen atoms in total. The van der Waals surface area contributed by atoms with Gasteiger partial charge in [0.05, 0.1) is 15.7 Å². The number of fused-ring (bicyclic) bond motifs is 1. The van der Waals surface area contributed by atoms with E-state index in [2.05, 4.69) is 5.32 Å². The average molecular weight is 316 g/mol. The molecule has 2 aliphatic rings. The largest absolute Gasteiger partial charge is 0.380 e. The molecule has 0 saturated heterocycles. The third-order valence-corrected chi connectivity index (χ3v) is 5.49. The number of hydrogen-bond acceptors (Lipinski definition) is 1. The predicted octanol–water partition coefficient (Wildman–Crippen LogP) is 5.90. The van der Waals surface area contributed by atoms with Crippen LogP contribution in [0.15, 0.2) is 12.1 Å². The molecule has 110 valence electrons. The van der Waals surface area contributed by atoms with Gasteiger partial charge >= 0.3 is 0 Å². The summed E-state index contributed by atoms with van der Waals surface area (Å²) in [7, 11) is 0. The lowest BCUT2D eigenvalue weighted by atomic mass is 9.69. The fourth-order valence-corrected chi connectivity index (χ4v) is 4.46. The van der Waals surface area contributed by atoms with Crippen LogP contribution in [0.25, 0.3) is 0 Å². The summed E-state index contributed by atoms with van der Waals surface area (Å²) in [5.74, 6) is 1.37. The van der Waals surface area contributed by atoms with Crippen LogP contribution in [0, 0.1) is 17.7 Å². The van der Waals surface area contributed by atoms with Gasteiger partial charge in [-0.1, -0.05) is 48.9 Å². The summed E-state index contributed by atoms with van der Waals surface area (Å²) in [6.45, 7) is 0. The van der Waals surface area contributed by atoms with Gasteiger partial charge in [-0.25, -0.2) is 4.39 Å². The van der Waals surface area contributed by atoms with Crippen LogP contribution in [-0.4, -0.2) is 6.04 Å². The van der Waals surface area contributed by atoms with Crippen molar-refractivity contribution in [2.45, 2.75) is 51.0 Å². The highest BCUT2D eigenvalue weighted by atomic mass is 35.5. The third kappa shape index (κ3) is 3.07. The highest BCUT2D eigenvalue weighted by Crippen LogP contribution is 2.42. The topological polar surface area (TPSA) is 12.0 Å². The zero-order valence-electron chi connectivity index (χ0n) is 11.5. The summed E-state index contributed by atoms with van der Waals surface area (Å²) in [5.41, 5.74) is 0.689. The monoisotopic (exact) mass is 315 g/mol. The molecule has 0 amide bonds. The molecule has 1 N–H and O–H groups in total. The van der Waals surface area contributed by atoms with E-state index in [1.807, 2.05) is 0 Å². The van der Waals surface area contributed by atoms with E-state index in [1.54, 1.807) is 0 Å². The van der Waals surface area contributed by atoms with E-state index in [1.165, 1.54) is 50.7 Å². The lowest BCUT2D eigenvalue weighted by Gasteiger charge is -2.40. The maximum Gasteiger partial charge on any atom is 0.126 e. The Morgan fingerprint density at radius 1 is 0.950 bits per heavy atom. The summed E-state index contributed by atoms with van der Waals surface area (Å²) < 4.78 is 13.2. The normalized spacial score (nSPS) is 29.9. The van der Waals surface area contributed by atoms with E-state index < -0.39 is 0 Å². The number of rotatable bonds is 2. The van der Waals surface area contributed by atoms with E-state index in [4.69, 9.17) is 23.2 Å². The molecule has 1 aromatic carbocycles. The number of nitrogens with one attached hydrogen (secondary N) is 1. The minimum atomic E-state index is -0.387. The molecule has 3 atom stereocenters. The van der Waals surface area contributed by atoms with Crippen LogP contribution in [0.1, 0.15) is 44.9 Å². The van der Waals surface area contributed by atoms with Crippen LogP contribution in [0.3, 0.4) is 0 Å². The van der Waals surface area contributed by atoms with Gasteiger partial charge < -0.3 is 5.32 Å². The first-order valence-electron chi connectivity index (χ1n) is 7.54. The van der Waals surface area contributed by atoms with Gasteiger partial charge in [-0.05, 0) is 43.2 Å². The Balaban J connectivity index is 1.69. The lowest BCUT2D eigenvalue weighted by Crippen LogP contribution is -2.34. The SMILES string of the molecule is Fc1cc(Cl)c(NC2CCC3CCCCC3C2)c(Cl)c1. The van der Waals surface area contributed by atoms with Crippen molar-refractivity contribution in [1.82, 2.24) is 0 Å². The molecule has 2 fully saturated rings. The van der Waals surface area contributed by atoms with E-state index >= 15 is 0 Å². The van der Waals surface area contributed by atoms with Crippen molar-refractivity contribution in [3.05, 3.63) is 28.0 Å². The fraction of sp³-hybridized carbons (Fsp3) is 0.625. The molecule has 1 aromatic rings. The molecule has 20 heavy (non-hydrogen) atoms. The first-order valence-corrected chi connectivity index (χ1v) is 8.30. The van der Waals surface area contributed by atoms with Crippen LogP contribution in [-0.2, 0) is 0 Å². The van der Waals surface area contributed by atoms with Crippen LogP contribution in [0.2, 0.25) is 10.0 Å². The van der Waals surface area contributed by atoms with Crippen molar-refractivity contribution in [2.24, 2.45) is 11.8 Å². The molecular formula is C16H20Cl2FN. The Hall–Kier alpha value is -0.470. The number of benzene rings is 1. The highest BCUT2D eigenvalue weighted by molar-refractivity contribution is 6.39. The summed E-state index contributed by atoms with van der Waals surface area (Å²) in [6.07, 6.45) is 9.16. The second kappa shape index (κ2) is 6.11. The quantitative estimate of drug-likeness (QED) is 0.716. The van der Waals surface area contributed by atoms with Crippen molar-refractivity contribution in [2.75, 3.05) is 5.32 Å². The smallest absolute Gasteiger partial charge is 0.126 e.